The van der Waals surface area contributed by atoms with Gasteiger partial charge in [-0.2, -0.15) is 18.2 Å². The molecule has 0 atom stereocenters. The van der Waals surface area contributed by atoms with Gasteiger partial charge in [0.2, 0.25) is 0 Å². The molecule has 3 amide bonds. The van der Waals surface area contributed by atoms with Crippen molar-refractivity contribution in [3.05, 3.63) is 70.8 Å². The summed E-state index contributed by atoms with van der Waals surface area (Å²) in [7, 11) is 0. The molecule has 1 aliphatic heterocycles. The number of halogens is 3. The Labute approximate surface area is 133 Å². The molecular formula is C16H9F3N2O3. The molecular weight excluding hydrogens is 325 g/mol. The fraction of sp³-hybridized carbons (Fsp3) is 0.0625. The van der Waals surface area contributed by atoms with Crippen LogP contribution in [-0.4, -0.2) is 22.7 Å². The molecule has 1 aliphatic rings. The Morgan fingerprint density at radius 1 is 0.917 bits per heavy atom. The van der Waals surface area contributed by atoms with Gasteiger partial charge in [-0.25, -0.2) is 0 Å². The van der Waals surface area contributed by atoms with E-state index in [2.05, 4.69) is 0 Å². The first-order valence-electron chi connectivity index (χ1n) is 6.75. The smallest absolute Gasteiger partial charge is 0.267 e. The highest BCUT2D eigenvalue weighted by Crippen LogP contribution is 2.29. The second-order valence-electron chi connectivity index (χ2n) is 5.01. The number of hydrogen-bond donors (Lipinski definition) is 1. The Bertz CT molecular complexity index is 827. The fourth-order valence-electron chi connectivity index (χ4n) is 2.29. The van der Waals surface area contributed by atoms with E-state index < -0.39 is 29.5 Å². The number of hydrogen-bond acceptors (Lipinski definition) is 3. The number of carbonyl (C=O) groups is 3. The number of rotatable bonds is 2. The minimum absolute atomic E-state index is 0.117. The molecule has 122 valence electrons. The van der Waals surface area contributed by atoms with Crippen molar-refractivity contribution in [3.63, 3.8) is 0 Å². The van der Waals surface area contributed by atoms with E-state index in [1.165, 1.54) is 12.1 Å². The SMILES string of the molecule is O=C(NN1C(=O)c2ccccc2C1=O)c1cccc(C(F)(F)F)c1. The predicted molar refractivity (Wildman–Crippen MR) is 75.9 cm³/mol. The average molecular weight is 334 g/mol. The number of fused-ring (bicyclic) bond motifs is 1. The van der Waals surface area contributed by atoms with E-state index in [4.69, 9.17) is 0 Å². The summed E-state index contributed by atoms with van der Waals surface area (Å²) in [5, 5.41) is 0.493. The van der Waals surface area contributed by atoms with Gasteiger partial charge >= 0.3 is 6.18 Å². The van der Waals surface area contributed by atoms with Gasteiger partial charge in [-0.15, -0.1) is 0 Å². The molecule has 0 aliphatic carbocycles. The Kier molecular flexibility index (Phi) is 3.59. The maximum Gasteiger partial charge on any atom is 0.416 e. The molecule has 8 heteroatoms. The third kappa shape index (κ3) is 2.62. The van der Waals surface area contributed by atoms with Crippen molar-refractivity contribution in [1.82, 2.24) is 10.4 Å². The largest absolute Gasteiger partial charge is 0.416 e. The van der Waals surface area contributed by atoms with E-state index in [0.717, 1.165) is 18.2 Å². The molecule has 0 saturated carbocycles. The maximum atomic E-state index is 12.7. The van der Waals surface area contributed by atoms with Crippen molar-refractivity contribution >= 4 is 17.7 Å². The van der Waals surface area contributed by atoms with Crippen LogP contribution in [0.25, 0.3) is 0 Å². The minimum atomic E-state index is -4.61. The number of benzene rings is 2. The molecule has 3 rings (SSSR count). The van der Waals surface area contributed by atoms with Gasteiger partial charge in [0.15, 0.2) is 0 Å². The number of imide groups is 1. The van der Waals surface area contributed by atoms with E-state index in [9.17, 15) is 27.6 Å². The molecule has 0 spiro atoms. The lowest BCUT2D eigenvalue weighted by molar-refractivity contribution is -0.137. The fourth-order valence-corrected chi connectivity index (χ4v) is 2.29. The molecule has 0 radical (unpaired) electrons. The number of amides is 3. The average Bonchev–Trinajstić information content (AvgIpc) is 2.80. The highest BCUT2D eigenvalue weighted by Gasteiger charge is 2.37. The second-order valence-corrected chi connectivity index (χ2v) is 5.01. The predicted octanol–water partition coefficient (Wildman–Crippen LogP) is 2.65. The van der Waals surface area contributed by atoms with Crippen LogP contribution in [0.15, 0.2) is 48.5 Å². The van der Waals surface area contributed by atoms with Crippen molar-refractivity contribution < 1.29 is 27.6 Å². The Balaban J connectivity index is 1.84. The van der Waals surface area contributed by atoms with Crippen LogP contribution in [-0.2, 0) is 6.18 Å². The standard InChI is InChI=1S/C16H9F3N2O3/c17-16(18,19)10-5-3-4-9(8-10)13(22)20-21-14(23)11-6-1-2-7-12(11)15(21)24/h1-8H,(H,20,22). The molecule has 2 aromatic rings. The van der Waals surface area contributed by atoms with E-state index in [1.807, 2.05) is 5.43 Å². The van der Waals surface area contributed by atoms with Crippen molar-refractivity contribution in [2.75, 3.05) is 0 Å². The van der Waals surface area contributed by atoms with Gasteiger partial charge < -0.3 is 0 Å². The van der Waals surface area contributed by atoms with Crippen LogP contribution >= 0.6 is 0 Å². The zero-order valence-electron chi connectivity index (χ0n) is 11.9. The molecule has 1 N–H and O–H groups in total. The molecule has 0 aromatic heterocycles. The molecule has 0 saturated heterocycles. The van der Waals surface area contributed by atoms with E-state index >= 15 is 0 Å². The Morgan fingerprint density at radius 3 is 2.04 bits per heavy atom. The number of hydrazine groups is 1. The second kappa shape index (κ2) is 5.48. The normalized spacial score (nSPS) is 13.9. The lowest BCUT2D eigenvalue weighted by Crippen LogP contribution is -2.45. The lowest BCUT2D eigenvalue weighted by atomic mass is 10.1. The maximum absolute atomic E-state index is 12.7. The molecule has 0 unspecified atom stereocenters. The van der Waals surface area contributed by atoms with Crippen molar-refractivity contribution in [2.45, 2.75) is 6.18 Å². The van der Waals surface area contributed by atoms with Crippen LogP contribution in [0, 0.1) is 0 Å². The molecule has 5 nitrogen and oxygen atoms in total. The van der Waals surface area contributed by atoms with Gasteiger partial charge in [0.05, 0.1) is 16.7 Å². The van der Waals surface area contributed by atoms with Gasteiger partial charge in [-0.3, -0.25) is 19.8 Å². The third-order valence-electron chi connectivity index (χ3n) is 3.46. The van der Waals surface area contributed by atoms with Gasteiger partial charge in [-0.1, -0.05) is 18.2 Å². The van der Waals surface area contributed by atoms with Crippen LogP contribution in [0.2, 0.25) is 0 Å². The van der Waals surface area contributed by atoms with Crippen molar-refractivity contribution in [2.24, 2.45) is 0 Å². The monoisotopic (exact) mass is 334 g/mol. The summed E-state index contributed by atoms with van der Waals surface area (Å²) in [5.74, 6) is -2.47. The zero-order valence-corrected chi connectivity index (χ0v) is 11.9. The first kappa shape index (κ1) is 15.7. The van der Waals surface area contributed by atoms with Gasteiger partial charge in [-0.05, 0) is 30.3 Å². The summed E-state index contributed by atoms with van der Waals surface area (Å²) in [4.78, 5) is 36.3. The molecule has 1 heterocycles. The number of nitrogens with zero attached hydrogens (tertiary/aromatic N) is 1. The third-order valence-corrected chi connectivity index (χ3v) is 3.46. The number of alkyl halides is 3. The first-order valence-corrected chi connectivity index (χ1v) is 6.75. The first-order chi connectivity index (χ1) is 11.3. The molecule has 0 fully saturated rings. The van der Waals surface area contributed by atoms with Crippen LogP contribution < -0.4 is 5.43 Å². The topological polar surface area (TPSA) is 66.5 Å². The van der Waals surface area contributed by atoms with Gasteiger partial charge in [0, 0.05) is 5.56 Å². The number of carbonyl (C=O) groups excluding carboxylic acids is 3. The van der Waals surface area contributed by atoms with Crippen LogP contribution in [0.1, 0.15) is 36.6 Å². The summed E-state index contributed by atoms with van der Waals surface area (Å²) in [5.41, 5.74) is 0.963. The Morgan fingerprint density at radius 2 is 1.50 bits per heavy atom. The number of nitrogens with one attached hydrogen (secondary N) is 1. The molecule has 0 bridgehead atoms. The van der Waals surface area contributed by atoms with E-state index in [0.29, 0.717) is 11.1 Å². The summed E-state index contributed by atoms with van der Waals surface area (Å²) in [6, 6.07) is 9.65. The van der Waals surface area contributed by atoms with Gasteiger partial charge in [0.1, 0.15) is 0 Å². The van der Waals surface area contributed by atoms with Gasteiger partial charge in [0.25, 0.3) is 17.7 Å². The van der Waals surface area contributed by atoms with Crippen LogP contribution in [0.3, 0.4) is 0 Å². The van der Waals surface area contributed by atoms with Crippen molar-refractivity contribution in [3.8, 4) is 0 Å². The molecule has 2 aromatic carbocycles. The van der Waals surface area contributed by atoms with E-state index in [-0.39, 0.29) is 16.7 Å². The summed E-state index contributed by atoms with van der Waals surface area (Å²) >= 11 is 0. The lowest BCUT2D eigenvalue weighted by Gasteiger charge is -2.15. The quantitative estimate of drug-likeness (QED) is 0.859. The van der Waals surface area contributed by atoms with Crippen LogP contribution in [0.5, 0.6) is 0 Å². The van der Waals surface area contributed by atoms with Crippen LogP contribution in [0.4, 0.5) is 13.2 Å². The molecule has 24 heavy (non-hydrogen) atoms. The highest BCUT2D eigenvalue weighted by molar-refractivity contribution is 6.22. The zero-order chi connectivity index (χ0) is 17.5. The summed E-state index contributed by atoms with van der Waals surface area (Å²) < 4.78 is 38.1. The highest BCUT2D eigenvalue weighted by atomic mass is 19.4. The minimum Gasteiger partial charge on any atom is -0.267 e. The summed E-state index contributed by atoms with van der Waals surface area (Å²) in [6.07, 6.45) is -4.61. The Hall–Kier alpha value is -3.16. The van der Waals surface area contributed by atoms with E-state index in [1.54, 1.807) is 12.1 Å². The summed E-state index contributed by atoms with van der Waals surface area (Å²) in [6.45, 7) is 0. The van der Waals surface area contributed by atoms with Crippen molar-refractivity contribution in [1.29, 1.82) is 0 Å².